The van der Waals surface area contributed by atoms with Gasteiger partial charge in [0.2, 0.25) is 0 Å². The predicted molar refractivity (Wildman–Crippen MR) is 138 cm³/mol. The summed E-state index contributed by atoms with van der Waals surface area (Å²) in [6, 6.07) is 1.70. The van der Waals surface area contributed by atoms with Gasteiger partial charge in [0, 0.05) is 23.6 Å². The van der Waals surface area contributed by atoms with Crippen molar-refractivity contribution in [2.75, 3.05) is 6.54 Å². The van der Waals surface area contributed by atoms with Gasteiger partial charge in [-0.15, -0.1) is 0 Å². The van der Waals surface area contributed by atoms with E-state index >= 15 is 0 Å². The van der Waals surface area contributed by atoms with Crippen LogP contribution in [0.3, 0.4) is 0 Å². The Bertz CT molecular complexity index is 1490. The van der Waals surface area contributed by atoms with Gasteiger partial charge in [-0.05, 0) is 66.3 Å². The van der Waals surface area contributed by atoms with Crippen LogP contribution in [-0.2, 0) is 22.5 Å². The van der Waals surface area contributed by atoms with Crippen LogP contribution >= 0.6 is 0 Å². The van der Waals surface area contributed by atoms with Gasteiger partial charge in [-0.3, -0.25) is 4.90 Å². The number of aromatic hydroxyl groups is 1. The van der Waals surface area contributed by atoms with E-state index in [4.69, 9.17) is 4.74 Å². The smallest absolute Gasteiger partial charge is 0.416 e. The van der Waals surface area contributed by atoms with E-state index in [2.05, 4.69) is 0 Å². The molecule has 2 aromatic carbocycles. The van der Waals surface area contributed by atoms with Gasteiger partial charge in [-0.1, -0.05) is 26.8 Å². The molecule has 44 heavy (non-hydrogen) atoms. The molecule has 0 spiro atoms. The minimum absolute atomic E-state index is 0.0655. The van der Waals surface area contributed by atoms with Crippen LogP contribution in [0.5, 0.6) is 5.75 Å². The summed E-state index contributed by atoms with van der Waals surface area (Å²) in [5.74, 6) is -1.67. The third-order valence-corrected chi connectivity index (χ3v) is 8.10. The summed E-state index contributed by atoms with van der Waals surface area (Å²) >= 11 is 0. The van der Waals surface area contributed by atoms with Crippen molar-refractivity contribution in [1.82, 2.24) is 4.90 Å². The molecule has 3 atom stereocenters. The Labute approximate surface area is 245 Å². The molecule has 4 nitrogen and oxygen atoms in total. The van der Waals surface area contributed by atoms with Crippen molar-refractivity contribution in [3.05, 3.63) is 87.3 Å². The molecule has 4 rings (SSSR count). The highest BCUT2D eigenvalue weighted by molar-refractivity contribution is 5.72. The fourth-order valence-electron chi connectivity index (χ4n) is 5.50. The maximum Gasteiger partial charge on any atom is 0.416 e. The molecule has 1 unspecified atom stereocenters. The molecule has 0 saturated carbocycles. The van der Waals surface area contributed by atoms with Crippen molar-refractivity contribution in [3.63, 3.8) is 0 Å². The Kier molecular flexibility index (Phi) is 8.31. The lowest BCUT2D eigenvalue weighted by molar-refractivity contribution is -0.143. The number of nitrogens with zero attached hydrogens (tertiary/aromatic N) is 1. The average Bonchev–Trinajstić information content (AvgIpc) is 3.16. The highest BCUT2D eigenvalue weighted by Gasteiger charge is 2.47. The number of phenolic OH excluding ortho intramolecular Hbond substituents is 1. The Morgan fingerprint density at radius 1 is 0.955 bits per heavy atom. The van der Waals surface area contributed by atoms with Gasteiger partial charge < -0.3 is 9.84 Å². The first-order valence-corrected chi connectivity index (χ1v) is 13.3. The fourth-order valence-corrected chi connectivity index (χ4v) is 5.50. The first-order chi connectivity index (χ1) is 20.0. The number of halogens is 10. The lowest BCUT2D eigenvalue weighted by Crippen LogP contribution is -2.40. The fraction of sp³-hybridized carbons (Fsp3) is 0.433. The number of ether oxygens (including phenoxy) is 1. The Morgan fingerprint density at radius 2 is 1.52 bits per heavy atom. The number of alkyl halides is 9. The number of allylic oxidation sites excluding steroid dienone is 3. The van der Waals surface area contributed by atoms with E-state index in [1.54, 1.807) is 13.8 Å². The molecular formula is C30H27F10NO3. The lowest BCUT2D eigenvalue weighted by Gasteiger charge is -2.38. The highest BCUT2D eigenvalue weighted by Crippen LogP contribution is 2.48. The zero-order valence-electron chi connectivity index (χ0n) is 23.7. The van der Waals surface area contributed by atoms with E-state index in [1.807, 2.05) is 0 Å². The summed E-state index contributed by atoms with van der Waals surface area (Å²) < 4.78 is 142. The summed E-state index contributed by atoms with van der Waals surface area (Å²) in [5, 5.41) is 10.7. The molecule has 1 heterocycles. The molecule has 1 aliphatic carbocycles. The lowest BCUT2D eigenvalue weighted by atomic mass is 9.68. The Hall–Kier alpha value is -3.71. The van der Waals surface area contributed by atoms with Gasteiger partial charge in [-0.25, -0.2) is 9.18 Å². The highest BCUT2D eigenvalue weighted by atomic mass is 19.4. The van der Waals surface area contributed by atoms with Gasteiger partial charge in [0.15, 0.2) is 0 Å². The first-order valence-electron chi connectivity index (χ1n) is 13.3. The largest absolute Gasteiger partial charge is 0.508 e. The summed E-state index contributed by atoms with van der Waals surface area (Å²) in [6.45, 7) is 5.49. The van der Waals surface area contributed by atoms with Crippen LogP contribution in [0.1, 0.15) is 74.0 Å². The molecule has 0 radical (unpaired) electrons. The zero-order chi connectivity index (χ0) is 33.2. The molecular weight excluding hydrogens is 612 g/mol. The number of cyclic esters (lactones) is 1. The van der Waals surface area contributed by atoms with Gasteiger partial charge in [-0.2, -0.15) is 39.5 Å². The Balaban J connectivity index is 1.78. The van der Waals surface area contributed by atoms with E-state index in [0.717, 1.165) is 23.1 Å². The topological polar surface area (TPSA) is 49.8 Å². The number of phenols is 1. The monoisotopic (exact) mass is 639 g/mol. The van der Waals surface area contributed by atoms with Crippen LogP contribution in [-0.4, -0.2) is 34.9 Å². The third-order valence-electron chi connectivity index (χ3n) is 8.10. The van der Waals surface area contributed by atoms with Crippen LogP contribution in [0.4, 0.5) is 48.7 Å². The van der Waals surface area contributed by atoms with Crippen LogP contribution in [0, 0.1) is 5.82 Å². The van der Waals surface area contributed by atoms with E-state index in [-0.39, 0.29) is 35.1 Å². The van der Waals surface area contributed by atoms with Crippen LogP contribution in [0.2, 0.25) is 0 Å². The average molecular weight is 640 g/mol. The predicted octanol–water partition coefficient (Wildman–Crippen LogP) is 9.35. The standard InChI is InChI=1S/C30H27F10NO3/c1-14(2)21-11-22(24(42)12-23(21)31)27(4)6-5-17(28(32,33)34)9-20(27)13-41-15(3)25(44-26(41)43)16-7-18(29(35,36)37)10-19(8-16)30(38,39)40/h5,7-12,14-15,25,42H,6,13H2,1-4H3/t15-,25+,27?/m0/s1. The second-order valence-corrected chi connectivity index (χ2v) is 11.4. The molecule has 0 aromatic heterocycles. The minimum atomic E-state index is -5.16. The minimum Gasteiger partial charge on any atom is -0.508 e. The van der Waals surface area contributed by atoms with Crippen LogP contribution in [0.15, 0.2) is 53.6 Å². The van der Waals surface area contributed by atoms with E-state index in [9.17, 15) is 53.8 Å². The summed E-state index contributed by atoms with van der Waals surface area (Å²) in [6.07, 6.45) is -16.7. The van der Waals surface area contributed by atoms with Crippen molar-refractivity contribution in [2.24, 2.45) is 0 Å². The van der Waals surface area contributed by atoms with E-state index in [0.29, 0.717) is 12.1 Å². The first kappa shape index (κ1) is 33.2. The van der Waals surface area contributed by atoms with Crippen molar-refractivity contribution in [3.8, 4) is 5.75 Å². The maximum absolute atomic E-state index is 14.6. The second kappa shape index (κ2) is 11.0. The molecule has 2 aromatic rings. The van der Waals surface area contributed by atoms with Gasteiger partial charge >= 0.3 is 24.6 Å². The van der Waals surface area contributed by atoms with Crippen molar-refractivity contribution >= 4 is 6.09 Å². The van der Waals surface area contributed by atoms with Crippen molar-refractivity contribution in [2.45, 2.75) is 76.1 Å². The number of rotatable bonds is 5. The SMILES string of the molecule is CC(C)c1cc(C2(C)CC=C(C(F)(F)F)C=C2CN2C(=O)O[C@@H](c3cc(C(F)(F)F)cc(C(F)(F)F)c3)[C@@H]2C)c(O)cc1F. The molecule has 1 fully saturated rings. The van der Waals surface area contributed by atoms with Gasteiger partial charge in [0.05, 0.1) is 22.7 Å². The van der Waals surface area contributed by atoms with Crippen molar-refractivity contribution in [1.29, 1.82) is 0 Å². The van der Waals surface area contributed by atoms with Crippen LogP contribution in [0.25, 0.3) is 0 Å². The van der Waals surface area contributed by atoms with Gasteiger partial charge in [0.1, 0.15) is 17.7 Å². The molecule has 1 saturated heterocycles. The third kappa shape index (κ3) is 6.25. The molecule has 0 bridgehead atoms. The zero-order valence-corrected chi connectivity index (χ0v) is 23.7. The molecule has 1 aliphatic heterocycles. The number of hydrogen-bond acceptors (Lipinski definition) is 3. The summed E-state index contributed by atoms with van der Waals surface area (Å²) in [4.78, 5) is 13.9. The second-order valence-electron chi connectivity index (χ2n) is 11.4. The molecule has 2 aliphatic rings. The van der Waals surface area contributed by atoms with E-state index < -0.39 is 82.6 Å². The van der Waals surface area contributed by atoms with Gasteiger partial charge in [0.25, 0.3) is 0 Å². The van der Waals surface area contributed by atoms with Crippen LogP contribution < -0.4 is 0 Å². The number of benzene rings is 2. The number of carbonyl (C=O) groups is 1. The summed E-state index contributed by atoms with van der Waals surface area (Å²) in [5.41, 5.74) is -6.20. The normalized spacial score (nSPS) is 23.2. The molecule has 1 N–H and O–H groups in total. The summed E-state index contributed by atoms with van der Waals surface area (Å²) in [7, 11) is 0. The molecule has 14 heteroatoms. The maximum atomic E-state index is 14.6. The molecule has 240 valence electrons. The number of carbonyl (C=O) groups excluding carboxylic acids is 1. The molecule has 1 amide bonds. The quantitative estimate of drug-likeness (QED) is 0.332. The van der Waals surface area contributed by atoms with Crippen molar-refractivity contribution < 1.29 is 58.5 Å². The van der Waals surface area contributed by atoms with E-state index in [1.165, 1.54) is 19.9 Å². The Morgan fingerprint density at radius 3 is 2.02 bits per heavy atom. The number of hydrogen-bond donors (Lipinski definition) is 1. The number of amides is 1.